The predicted molar refractivity (Wildman–Crippen MR) is 136 cm³/mol. The van der Waals surface area contributed by atoms with E-state index in [2.05, 4.69) is 40.8 Å². The van der Waals surface area contributed by atoms with Gasteiger partial charge in [0, 0.05) is 52.6 Å². The number of H-pyrrole nitrogens is 1. The van der Waals surface area contributed by atoms with Gasteiger partial charge < -0.3 is 24.3 Å². The molecule has 0 radical (unpaired) electrons. The molecule has 0 spiro atoms. The molecule has 0 aliphatic rings. The van der Waals surface area contributed by atoms with E-state index < -0.39 is 0 Å². The normalized spacial score (nSPS) is 12.2. The van der Waals surface area contributed by atoms with Crippen molar-refractivity contribution >= 4 is 16.8 Å². The first kappa shape index (κ1) is 23.5. The minimum Gasteiger partial charge on any atom is -0.493 e. The van der Waals surface area contributed by atoms with E-state index in [9.17, 15) is 4.79 Å². The Morgan fingerprint density at radius 1 is 1.03 bits per heavy atom. The highest BCUT2D eigenvalue weighted by Crippen LogP contribution is 2.40. The zero-order chi connectivity index (χ0) is 24.4. The van der Waals surface area contributed by atoms with Crippen molar-refractivity contribution in [2.24, 2.45) is 0 Å². The van der Waals surface area contributed by atoms with Gasteiger partial charge in [-0.2, -0.15) is 0 Å². The lowest BCUT2D eigenvalue weighted by molar-refractivity contribution is 0.0951. The van der Waals surface area contributed by atoms with Crippen LogP contribution in [0.2, 0.25) is 0 Å². The number of hydrogen-bond acceptors (Lipinski definition) is 3. The molecular formula is C28H33N3O3. The van der Waals surface area contributed by atoms with Crippen LogP contribution < -0.4 is 14.8 Å². The Morgan fingerprint density at radius 2 is 1.79 bits per heavy atom. The third-order valence-electron chi connectivity index (χ3n) is 6.52. The van der Waals surface area contributed by atoms with Crippen LogP contribution >= 0.6 is 0 Å². The Hall–Kier alpha value is -3.67. The molecule has 0 aliphatic carbocycles. The number of hydrogen-bond donors (Lipinski definition) is 2. The Morgan fingerprint density at radius 3 is 2.47 bits per heavy atom. The summed E-state index contributed by atoms with van der Waals surface area (Å²) in [5.74, 6) is 1.12. The first-order chi connectivity index (χ1) is 16.4. The van der Waals surface area contributed by atoms with Crippen LogP contribution in [0.4, 0.5) is 0 Å². The van der Waals surface area contributed by atoms with E-state index in [1.165, 1.54) is 0 Å². The monoisotopic (exact) mass is 459 g/mol. The number of carbonyl (C=O) groups is 1. The average molecular weight is 460 g/mol. The van der Waals surface area contributed by atoms with Gasteiger partial charge in [-0.1, -0.05) is 30.3 Å². The molecule has 2 N–H and O–H groups in total. The van der Waals surface area contributed by atoms with E-state index in [0.717, 1.165) is 33.4 Å². The molecular weight excluding hydrogens is 426 g/mol. The molecule has 34 heavy (non-hydrogen) atoms. The van der Waals surface area contributed by atoms with Gasteiger partial charge in [0.25, 0.3) is 5.91 Å². The summed E-state index contributed by atoms with van der Waals surface area (Å²) in [5.41, 5.74) is 5.88. The molecule has 2 aromatic carbocycles. The molecule has 2 aromatic heterocycles. The molecule has 0 saturated carbocycles. The lowest BCUT2D eigenvalue weighted by atomic mass is 9.89. The van der Waals surface area contributed by atoms with Gasteiger partial charge in [0.1, 0.15) is 0 Å². The van der Waals surface area contributed by atoms with E-state index >= 15 is 0 Å². The van der Waals surface area contributed by atoms with Gasteiger partial charge in [-0.25, -0.2) is 0 Å². The number of benzene rings is 2. The molecule has 1 amide bonds. The van der Waals surface area contributed by atoms with Crippen molar-refractivity contribution in [3.05, 3.63) is 82.8 Å². The SMILES string of the molecule is COc1cccc(C(CNC(=O)c2cc(C)n(C(C)C)c2C)c2c[nH]c3ccccc23)c1OC. The highest BCUT2D eigenvalue weighted by Gasteiger charge is 2.25. The fraction of sp³-hybridized carbons (Fsp3) is 0.321. The third-order valence-corrected chi connectivity index (χ3v) is 6.52. The summed E-state index contributed by atoms with van der Waals surface area (Å²) in [6, 6.07) is 16.3. The lowest BCUT2D eigenvalue weighted by Crippen LogP contribution is -2.29. The Bertz CT molecular complexity index is 1320. The molecule has 0 bridgehead atoms. The van der Waals surface area contributed by atoms with Gasteiger partial charge in [0.05, 0.1) is 19.8 Å². The second-order valence-electron chi connectivity index (χ2n) is 8.88. The van der Waals surface area contributed by atoms with Gasteiger partial charge in [0.2, 0.25) is 0 Å². The average Bonchev–Trinajstić information content (AvgIpc) is 3.39. The fourth-order valence-electron chi connectivity index (χ4n) is 5.05. The van der Waals surface area contributed by atoms with Crippen molar-refractivity contribution in [3.8, 4) is 11.5 Å². The summed E-state index contributed by atoms with van der Waals surface area (Å²) < 4.78 is 13.5. The number of ether oxygens (including phenoxy) is 2. The maximum absolute atomic E-state index is 13.3. The molecule has 0 saturated heterocycles. The number of nitrogens with zero attached hydrogens (tertiary/aromatic N) is 1. The van der Waals surface area contributed by atoms with Crippen molar-refractivity contribution in [3.63, 3.8) is 0 Å². The molecule has 178 valence electrons. The van der Waals surface area contributed by atoms with Crippen LogP contribution in [0.3, 0.4) is 0 Å². The highest BCUT2D eigenvalue weighted by atomic mass is 16.5. The van der Waals surface area contributed by atoms with E-state index in [1.807, 2.05) is 56.4 Å². The van der Waals surface area contributed by atoms with E-state index in [0.29, 0.717) is 29.6 Å². The summed E-state index contributed by atoms with van der Waals surface area (Å²) in [6.07, 6.45) is 2.02. The Balaban J connectivity index is 1.74. The number of para-hydroxylation sites is 2. The molecule has 6 nitrogen and oxygen atoms in total. The van der Waals surface area contributed by atoms with Gasteiger partial charge in [-0.05, 0) is 51.5 Å². The van der Waals surface area contributed by atoms with Gasteiger partial charge in [-0.3, -0.25) is 4.79 Å². The largest absolute Gasteiger partial charge is 0.493 e. The van der Waals surface area contributed by atoms with Crippen molar-refractivity contribution in [2.75, 3.05) is 20.8 Å². The molecule has 0 aliphatic heterocycles. The minimum absolute atomic E-state index is 0.0771. The van der Waals surface area contributed by atoms with Crippen LogP contribution in [-0.4, -0.2) is 36.2 Å². The number of aromatic amines is 1. The number of aryl methyl sites for hydroxylation is 1. The van der Waals surface area contributed by atoms with Crippen LogP contribution in [0.25, 0.3) is 10.9 Å². The summed E-state index contributed by atoms with van der Waals surface area (Å²) in [7, 11) is 3.28. The van der Waals surface area contributed by atoms with E-state index in [4.69, 9.17) is 9.47 Å². The van der Waals surface area contributed by atoms with Crippen molar-refractivity contribution in [2.45, 2.75) is 39.7 Å². The summed E-state index contributed by atoms with van der Waals surface area (Å²) in [6.45, 7) is 8.72. The van der Waals surface area contributed by atoms with Crippen LogP contribution in [0.1, 0.15) is 58.7 Å². The molecule has 2 heterocycles. The lowest BCUT2D eigenvalue weighted by Gasteiger charge is -2.22. The summed E-state index contributed by atoms with van der Waals surface area (Å²) >= 11 is 0. The van der Waals surface area contributed by atoms with Crippen molar-refractivity contribution in [1.82, 2.24) is 14.9 Å². The maximum Gasteiger partial charge on any atom is 0.253 e. The fourth-order valence-corrected chi connectivity index (χ4v) is 5.05. The standard InChI is InChI=1S/C28H33N3O3/c1-17(2)31-18(3)14-22(19(31)4)28(32)30-16-24(21-11-9-13-26(33-5)27(21)34-6)23-15-29-25-12-8-7-10-20(23)25/h7-15,17,24,29H,16H2,1-6H3,(H,30,32). The molecule has 4 rings (SSSR count). The summed E-state index contributed by atoms with van der Waals surface area (Å²) in [5, 5.41) is 4.31. The number of nitrogens with one attached hydrogen (secondary N) is 2. The van der Waals surface area contributed by atoms with Crippen LogP contribution in [0, 0.1) is 13.8 Å². The molecule has 1 unspecified atom stereocenters. The van der Waals surface area contributed by atoms with Crippen LogP contribution in [-0.2, 0) is 0 Å². The number of rotatable bonds is 8. The quantitative estimate of drug-likeness (QED) is 0.353. The summed E-state index contributed by atoms with van der Waals surface area (Å²) in [4.78, 5) is 16.7. The number of fused-ring (bicyclic) bond motifs is 1. The smallest absolute Gasteiger partial charge is 0.253 e. The number of amides is 1. The first-order valence-electron chi connectivity index (χ1n) is 11.6. The highest BCUT2D eigenvalue weighted by molar-refractivity contribution is 5.96. The number of aromatic nitrogens is 2. The van der Waals surface area contributed by atoms with Crippen LogP contribution in [0.15, 0.2) is 54.7 Å². The second kappa shape index (κ2) is 9.67. The van der Waals surface area contributed by atoms with Crippen molar-refractivity contribution in [1.29, 1.82) is 0 Å². The van der Waals surface area contributed by atoms with Gasteiger partial charge >= 0.3 is 0 Å². The molecule has 4 aromatic rings. The Labute approximate surface area is 200 Å². The Kier molecular flexibility index (Phi) is 6.68. The minimum atomic E-state index is -0.140. The zero-order valence-corrected chi connectivity index (χ0v) is 20.7. The molecule has 0 fully saturated rings. The molecule has 6 heteroatoms. The van der Waals surface area contributed by atoms with Gasteiger partial charge in [0.15, 0.2) is 11.5 Å². The maximum atomic E-state index is 13.3. The van der Waals surface area contributed by atoms with E-state index in [1.54, 1.807) is 14.2 Å². The van der Waals surface area contributed by atoms with Crippen molar-refractivity contribution < 1.29 is 14.3 Å². The van der Waals surface area contributed by atoms with E-state index in [-0.39, 0.29) is 11.8 Å². The van der Waals surface area contributed by atoms with Crippen LogP contribution in [0.5, 0.6) is 11.5 Å². The topological polar surface area (TPSA) is 68.3 Å². The zero-order valence-electron chi connectivity index (χ0n) is 20.7. The second-order valence-corrected chi connectivity index (χ2v) is 8.88. The van der Waals surface area contributed by atoms with Gasteiger partial charge in [-0.15, -0.1) is 0 Å². The molecule has 1 atom stereocenters. The number of carbonyl (C=O) groups excluding carboxylic acids is 1. The third kappa shape index (κ3) is 4.16. The first-order valence-corrected chi connectivity index (χ1v) is 11.6. The number of methoxy groups -OCH3 is 2. The predicted octanol–water partition coefficient (Wildman–Crippen LogP) is 5.75.